The number of rotatable bonds is 6. The molecule has 0 saturated carbocycles. The molecule has 0 unspecified atom stereocenters. The van der Waals surface area contributed by atoms with Crippen molar-refractivity contribution in [2.75, 3.05) is 13.7 Å². The first kappa shape index (κ1) is 17.5. The zero-order chi connectivity index (χ0) is 17.7. The molecule has 24 heavy (non-hydrogen) atoms. The molecule has 0 amide bonds. The van der Waals surface area contributed by atoms with Crippen LogP contribution in [-0.4, -0.2) is 19.7 Å². The van der Waals surface area contributed by atoms with E-state index in [0.717, 1.165) is 5.56 Å². The summed E-state index contributed by atoms with van der Waals surface area (Å²) in [6, 6.07) is 9.72. The second kappa shape index (κ2) is 7.64. The van der Waals surface area contributed by atoms with Gasteiger partial charge in [0.25, 0.3) is 0 Å². The highest BCUT2D eigenvalue weighted by Gasteiger charge is 2.13. The van der Waals surface area contributed by atoms with Crippen LogP contribution in [0, 0.1) is 5.82 Å². The minimum atomic E-state index is -0.662. The normalized spacial score (nSPS) is 10.2. The summed E-state index contributed by atoms with van der Waals surface area (Å²) in [6.07, 6.45) is 0. The molecule has 0 heterocycles. The van der Waals surface area contributed by atoms with Gasteiger partial charge in [0.2, 0.25) is 0 Å². The van der Waals surface area contributed by atoms with Crippen LogP contribution in [0.25, 0.3) is 11.1 Å². The molecule has 0 bridgehead atoms. The maximum absolute atomic E-state index is 14.2. The number of hydrogen-bond acceptors (Lipinski definition) is 4. The van der Waals surface area contributed by atoms with Gasteiger partial charge in [-0.3, -0.25) is 0 Å². The van der Waals surface area contributed by atoms with Gasteiger partial charge in [-0.05, 0) is 49.2 Å². The molecule has 0 saturated heterocycles. The van der Waals surface area contributed by atoms with Gasteiger partial charge in [0.15, 0.2) is 23.1 Å². The van der Waals surface area contributed by atoms with E-state index >= 15 is 0 Å². The highest BCUT2D eigenvalue weighted by molar-refractivity contribution is 5.88. The molecule has 2 aromatic carbocycles. The fourth-order valence-corrected chi connectivity index (χ4v) is 2.07. The summed E-state index contributed by atoms with van der Waals surface area (Å²) >= 11 is 0. The second-order valence-corrected chi connectivity index (χ2v) is 5.11. The second-order valence-electron chi connectivity index (χ2n) is 5.11. The van der Waals surface area contributed by atoms with E-state index in [0.29, 0.717) is 23.7 Å². The van der Waals surface area contributed by atoms with Gasteiger partial charge in [-0.25, -0.2) is 9.18 Å². The maximum Gasteiger partial charge on any atom is 0.338 e. The zero-order valence-electron chi connectivity index (χ0n) is 13.9. The number of esters is 1. The van der Waals surface area contributed by atoms with Crippen LogP contribution in [-0.2, 0) is 4.79 Å². The number of benzene rings is 2. The maximum atomic E-state index is 14.2. The zero-order valence-corrected chi connectivity index (χ0v) is 13.9. The first-order valence-corrected chi connectivity index (χ1v) is 7.44. The number of carbonyl (C=O) groups excluding carboxylic acids is 1. The van der Waals surface area contributed by atoms with Gasteiger partial charge in [0, 0.05) is 5.57 Å². The molecule has 0 aliphatic rings. The SMILES string of the molecule is C=C(C)C(=O)Oc1ccc(-c2ccc(OC)c(OCC)c2)cc1F. The third kappa shape index (κ3) is 3.93. The number of methoxy groups -OCH3 is 1. The Balaban J connectivity index is 2.33. The van der Waals surface area contributed by atoms with Crippen molar-refractivity contribution >= 4 is 5.97 Å². The average Bonchev–Trinajstić information content (AvgIpc) is 2.56. The number of ether oxygens (including phenoxy) is 3. The van der Waals surface area contributed by atoms with Crippen LogP contribution in [0.1, 0.15) is 13.8 Å². The highest BCUT2D eigenvalue weighted by Crippen LogP contribution is 2.34. The fraction of sp³-hybridized carbons (Fsp3) is 0.211. The third-order valence-electron chi connectivity index (χ3n) is 3.28. The smallest absolute Gasteiger partial charge is 0.338 e. The molecule has 4 nitrogen and oxygen atoms in total. The van der Waals surface area contributed by atoms with Crippen molar-refractivity contribution in [3.8, 4) is 28.4 Å². The van der Waals surface area contributed by atoms with E-state index in [-0.39, 0.29) is 11.3 Å². The molecule has 0 N–H and O–H groups in total. The number of halogens is 1. The summed E-state index contributed by atoms with van der Waals surface area (Å²) < 4.78 is 29.9. The largest absolute Gasteiger partial charge is 0.493 e. The van der Waals surface area contributed by atoms with E-state index in [1.165, 1.54) is 19.1 Å². The molecule has 0 aliphatic carbocycles. The Morgan fingerprint density at radius 2 is 1.71 bits per heavy atom. The van der Waals surface area contributed by atoms with Gasteiger partial charge in [-0.15, -0.1) is 0 Å². The van der Waals surface area contributed by atoms with E-state index in [9.17, 15) is 9.18 Å². The lowest BCUT2D eigenvalue weighted by Crippen LogP contribution is -2.09. The topological polar surface area (TPSA) is 44.8 Å². The van der Waals surface area contributed by atoms with Crippen LogP contribution in [0.2, 0.25) is 0 Å². The molecule has 5 heteroatoms. The van der Waals surface area contributed by atoms with E-state index < -0.39 is 11.8 Å². The predicted octanol–water partition coefficient (Wildman–Crippen LogP) is 4.38. The van der Waals surface area contributed by atoms with Crippen LogP contribution < -0.4 is 14.2 Å². The Bertz CT molecular complexity index is 768. The predicted molar refractivity (Wildman–Crippen MR) is 90.0 cm³/mol. The summed E-state index contributed by atoms with van der Waals surface area (Å²) in [5, 5.41) is 0. The quantitative estimate of drug-likeness (QED) is 0.448. The van der Waals surface area contributed by atoms with Crippen molar-refractivity contribution in [2.24, 2.45) is 0 Å². The first-order valence-electron chi connectivity index (χ1n) is 7.44. The van der Waals surface area contributed by atoms with Crippen molar-refractivity contribution in [3.63, 3.8) is 0 Å². The molecular formula is C19H19FO4. The van der Waals surface area contributed by atoms with Gasteiger partial charge in [0.05, 0.1) is 13.7 Å². The lowest BCUT2D eigenvalue weighted by molar-refractivity contribution is -0.130. The van der Waals surface area contributed by atoms with E-state index in [2.05, 4.69) is 6.58 Å². The van der Waals surface area contributed by atoms with Crippen molar-refractivity contribution in [1.82, 2.24) is 0 Å². The van der Waals surface area contributed by atoms with Crippen LogP contribution >= 0.6 is 0 Å². The van der Waals surface area contributed by atoms with Crippen molar-refractivity contribution in [2.45, 2.75) is 13.8 Å². The number of carbonyl (C=O) groups is 1. The molecule has 0 radical (unpaired) electrons. The summed E-state index contributed by atoms with van der Waals surface area (Å²) in [7, 11) is 1.56. The molecule has 0 spiro atoms. The molecule has 0 fully saturated rings. The standard InChI is InChI=1S/C19H19FO4/c1-5-23-18-11-14(7-9-17(18)22-4)13-6-8-16(15(20)10-13)24-19(21)12(2)3/h6-11H,2,5H2,1,3-4H3. The molecule has 0 atom stereocenters. The lowest BCUT2D eigenvalue weighted by Gasteiger charge is -2.12. The fourth-order valence-electron chi connectivity index (χ4n) is 2.07. The summed E-state index contributed by atoms with van der Waals surface area (Å²) in [4.78, 5) is 11.5. The summed E-state index contributed by atoms with van der Waals surface area (Å²) in [5.74, 6) is -0.241. The summed E-state index contributed by atoms with van der Waals surface area (Å²) in [6.45, 7) is 7.33. The Kier molecular flexibility index (Phi) is 5.58. The minimum absolute atomic E-state index is 0.134. The van der Waals surface area contributed by atoms with E-state index in [4.69, 9.17) is 14.2 Å². The van der Waals surface area contributed by atoms with Gasteiger partial charge in [0.1, 0.15) is 0 Å². The lowest BCUT2D eigenvalue weighted by atomic mass is 10.0. The third-order valence-corrected chi connectivity index (χ3v) is 3.28. The molecule has 2 rings (SSSR count). The Hall–Kier alpha value is -2.82. The molecule has 0 aliphatic heterocycles. The molecule has 0 aromatic heterocycles. The van der Waals surface area contributed by atoms with E-state index in [1.54, 1.807) is 31.4 Å². The summed E-state index contributed by atoms with van der Waals surface area (Å²) in [5.41, 5.74) is 1.59. The van der Waals surface area contributed by atoms with Crippen LogP contribution in [0.3, 0.4) is 0 Å². The first-order chi connectivity index (χ1) is 11.5. The molecular weight excluding hydrogens is 311 g/mol. The number of hydrogen-bond donors (Lipinski definition) is 0. The Morgan fingerprint density at radius 1 is 1.08 bits per heavy atom. The Labute approximate surface area is 140 Å². The Morgan fingerprint density at radius 3 is 2.25 bits per heavy atom. The monoisotopic (exact) mass is 330 g/mol. The van der Waals surface area contributed by atoms with Gasteiger partial charge in [-0.1, -0.05) is 18.7 Å². The van der Waals surface area contributed by atoms with Crippen LogP contribution in [0.15, 0.2) is 48.6 Å². The van der Waals surface area contributed by atoms with Crippen molar-refractivity contribution in [1.29, 1.82) is 0 Å². The van der Waals surface area contributed by atoms with Crippen molar-refractivity contribution in [3.05, 3.63) is 54.4 Å². The van der Waals surface area contributed by atoms with E-state index in [1.807, 2.05) is 6.92 Å². The molecule has 2 aromatic rings. The van der Waals surface area contributed by atoms with Gasteiger partial charge < -0.3 is 14.2 Å². The average molecular weight is 330 g/mol. The highest BCUT2D eigenvalue weighted by atomic mass is 19.1. The van der Waals surface area contributed by atoms with Crippen LogP contribution in [0.4, 0.5) is 4.39 Å². The van der Waals surface area contributed by atoms with Crippen LogP contribution in [0.5, 0.6) is 17.2 Å². The van der Waals surface area contributed by atoms with Gasteiger partial charge >= 0.3 is 5.97 Å². The van der Waals surface area contributed by atoms with Gasteiger partial charge in [-0.2, -0.15) is 0 Å². The van der Waals surface area contributed by atoms with Crippen molar-refractivity contribution < 1.29 is 23.4 Å². The molecule has 126 valence electrons. The minimum Gasteiger partial charge on any atom is -0.493 e.